The largest absolute Gasteiger partial charge is 0.310 e. The maximum Gasteiger partial charge on any atom is 0.145 e. The lowest BCUT2D eigenvalue weighted by molar-refractivity contribution is 0.533. The highest BCUT2D eigenvalue weighted by Gasteiger charge is 2.19. The van der Waals surface area contributed by atoms with Gasteiger partial charge in [0.1, 0.15) is 5.82 Å². The van der Waals surface area contributed by atoms with E-state index in [1.165, 1.54) is 0 Å². The van der Waals surface area contributed by atoms with Gasteiger partial charge in [-0.1, -0.05) is 11.6 Å². The molecule has 0 radical (unpaired) electrons. The predicted molar refractivity (Wildman–Crippen MR) is 75.2 cm³/mol. The molecule has 0 bridgehead atoms. The van der Waals surface area contributed by atoms with Gasteiger partial charge in [0.2, 0.25) is 0 Å². The van der Waals surface area contributed by atoms with Crippen molar-refractivity contribution in [1.82, 2.24) is 25.1 Å². The fraction of sp³-hybridized carbons (Fsp3) is 0.462. The molecule has 2 heterocycles. The van der Waals surface area contributed by atoms with E-state index in [2.05, 4.69) is 20.4 Å². The van der Waals surface area contributed by atoms with E-state index in [1.54, 1.807) is 0 Å². The lowest BCUT2D eigenvalue weighted by Crippen LogP contribution is -2.22. The Balaban J connectivity index is 2.26. The molecule has 0 aliphatic carbocycles. The summed E-state index contributed by atoms with van der Waals surface area (Å²) in [5.41, 5.74) is 2.88. The third kappa shape index (κ3) is 2.93. The maximum absolute atomic E-state index is 6.28. The van der Waals surface area contributed by atoms with Crippen molar-refractivity contribution in [2.75, 3.05) is 7.05 Å². The van der Waals surface area contributed by atoms with Crippen LogP contribution in [0.2, 0.25) is 5.02 Å². The normalized spacial score (nSPS) is 12.7. The molecule has 0 spiro atoms. The molecule has 1 unspecified atom stereocenters. The highest BCUT2D eigenvalue weighted by Crippen LogP contribution is 2.24. The van der Waals surface area contributed by atoms with Crippen LogP contribution in [0.15, 0.2) is 12.4 Å². The zero-order valence-corrected chi connectivity index (χ0v) is 12.4. The first-order valence-corrected chi connectivity index (χ1v) is 6.54. The van der Waals surface area contributed by atoms with Gasteiger partial charge in [-0.15, -0.1) is 0 Å². The summed E-state index contributed by atoms with van der Waals surface area (Å²) in [6, 6.07) is 0.0212. The van der Waals surface area contributed by atoms with Gasteiger partial charge >= 0.3 is 0 Å². The molecular weight excluding hydrogens is 262 g/mol. The Labute approximate surface area is 118 Å². The monoisotopic (exact) mass is 279 g/mol. The standard InChI is InChI=1S/C13H18ClN5/c1-8-6-16-13(17-7-8)10(15-3)5-11-12(14)9(2)18-19(11)4/h6-7,10,15H,5H2,1-4H3. The van der Waals surface area contributed by atoms with Crippen molar-refractivity contribution in [2.45, 2.75) is 26.3 Å². The summed E-state index contributed by atoms with van der Waals surface area (Å²) in [6.45, 7) is 3.88. The van der Waals surface area contributed by atoms with E-state index in [1.807, 2.05) is 45.0 Å². The fourth-order valence-corrected chi connectivity index (χ4v) is 2.24. The van der Waals surface area contributed by atoms with Gasteiger partial charge in [0.25, 0.3) is 0 Å². The number of aromatic nitrogens is 4. The average Bonchev–Trinajstić information content (AvgIpc) is 2.63. The fourth-order valence-electron chi connectivity index (χ4n) is 2.00. The van der Waals surface area contributed by atoms with Gasteiger partial charge in [-0.3, -0.25) is 4.68 Å². The molecule has 2 aromatic rings. The highest BCUT2D eigenvalue weighted by molar-refractivity contribution is 6.31. The van der Waals surface area contributed by atoms with Gasteiger partial charge < -0.3 is 5.32 Å². The van der Waals surface area contributed by atoms with Crippen LogP contribution in [-0.4, -0.2) is 26.8 Å². The molecule has 102 valence electrons. The summed E-state index contributed by atoms with van der Waals surface area (Å²) in [5, 5.41) is 8.26. The molecule has 0 aliphatic heterocycles. The second-order valence-corrected chi connectivity index (χ2v) is 5.01. The summed E-state index contributed by atoms with van der Waals surface area (Å²) in [7, 11) is 3.79. The number of nitrogens with zero attached hydrogens (tertiary/aromatic N) is 4. The van der Waals surface area contributed by atoms with Crippen molar-refractivity contribution in [2.24, 2.45) is 7.05 Å². The minimum absolute atomic E-state index is 0.0212. The summed E-state index contributed by atoms with van der Waals surface area (Å²) < 4.78 is 1.82. The summed E-state index contributed by atoms with van der Waals surface area (Å²) >= 11 is 6.28. The van der Waals surface area contributed by atoms with Crippen LogP contribution in [-0.2, 0) is 13.5 Å². The number of nitrogens with one attached hydrogen (secondary N) is 1. The van der Waals surface area contributed by atoms with E-state index in [0.29, 0.717) is 6.42 Å². The van der Waals surface area contributed by atoms with E-state index in [0.717, 1.165) is 27.8 Å². The molecule has 0 saturated heterocycles. The number of hydrogen-bond acceptors (Lipinski definition) is 4. The Bertz CT molecular complexity index is 561. The van der Waals surface area contributed by atoms with Crippen LogP contribution in [0, 0.1) is 13.8 Å². The van der Waals surface area contributed by atoms with E-state index in [-0.39, 0.29) is 6.04 Å². The third-order valence-electron chi connectivity index (χ3n) is 3.12. The van der Waals surface area contributed by atoms with Crippen LogP contribution < -0.4 is 5.32 Å². The Morgan fingerprint density at radius 1 is 1.32 bits per heavy atom. The first-order chi connectivity index (χ1) is 9.02. The van der Waals surface area contributed by atoms with Crippen molar-refractivity contribution in [3.8, 4) is 0 Å². The van der Waals surface area contributed by atoms with Crippen molar-refractivity contribution in [1.29, 1.82) is 0 Å². The summed E-state index contributed by atoms with van der Waals surface area (Å²) in [6.07, 6.45) is 4.35. The lowest BCUT2D eigenvalue weighted by atomic mass is 10.1. The van der Waals surface area contributed by atoms with Gasteiger partial charge in [0.05, 0.1) is 22.5 Å². The zero-order chi connectivity index (χ0) is 14.0. The van der Waals surface area contributed by atoms with Crippen LogP contribution in [0.25, 0.3) is 0 Å². The molecule has 0 saturated carbocycles. The number of likely N-dealkylation sites (N-methyl/N-ethyl adjacent to an activating group) is 1. The summed E-state index contributed by atoms with van der Waals surface area (Å²) in [4.78, 5) is 8.73. The Morgan fingerprint density at radius 3 is 2.42 bits per heavy atom. The molecule has 6 heteroatoms. The quantitative estimate of drug-likeness (QED) is 0.930. The molecule has 1 N–H and O–H groups in total. The molecule has 0 aromatic carbocycles. The van der Waals surface area contributed by atoms with E-state index >= 15 is 0 Å². The number of hydrogen-bond donors (Lipinski definition) is 1. The number of rotatable bonds is 4. The van der Waals surface area contributed by atoms with Crippen molar-refractivity contribution < 1.29 is 0 Å². The minimum Gasteiger partial charge on any atom is -0.310 e. The van der Waals surface area contributed by atoms with Crippen molar-refractivity contribution in [3.63, 3.8) is 0 Å². The van der Waals surface area contributed by atoms with Crippen molar-refractivity contribution >= 4 is 11.6 Å². The van der Waals surface area contributed by atoms with E-state index in [9.17, 15) is 0 Å². The molecule has 0 amide bonds. The highest BCUT2D eigenvalue weighted by atomic mass is 35.5. The molecule has 2 rings (SSSR count). The first kappa shape index (κ1) is 14.0. The molecule has 0 fully saturated rings. The average molecular weight is 280 g/mol. The molecule has 2 aromatic heterocycles. The Morgan fingerprint density at radius 2 is 1.95 bits per heavy atom. The molecule has 0 aliphatic rings. The van der Waals surface area contributed by atoms with Crippen LogP contribution >= 0.6 is 11.6 Å². The van der Waals surface area contributed by atoms with Crippen LogP contribution in [0.4, 0.5) is 0 Å². The minimum atomic E-state index is 0.0212. The van der Waals surface area contributed by atoms with Gasteiger partial charge in [-0.2, -0.15) is 5.10 Å². The van der Waals surface area contributed by atoms with E-state index < -0.39 is 0 Å². The smallest absolute Gasteiger partial charge is 0.145 e. The molecule has 1 atom stereocenters. The number of aryl methyl sites for hydroxylation is 3. The Hall–Kier alpha value is -1.46. The third-order valence-corrected chi connectivity index (χ3v) is 3.61. The Kier molecular flexibility index (Phi) is 4.17. The summed E-state index contributed by atoms with van der Waals surface area (Å²) in [5.74, 6) is 0.767. The predicted octanol–water partition coefficient (Wildman–Crippen LogP) is 1.98. The maximum atomic E-state index is 6.28. The van der Waals surface area contributed by atoms with Crippen LogP contribution in [0.1, 0.15) is 28.8 Å². The molecule has 5 nitrogen and oxygen atoms in total. The SMILES string of the molecule is CNC(Cc1c(Cl)c(C)nn1C)c1ncc(C)cn1. The van der Waals surface area contributed by atoms with Crippen LogP contribution in [0.3, 0.4) is 0 Å². The number of halogens is 1. The lowest BCUT2D eigenvalue weighted by Gasteiger charge is -2.15. The van der Waals surface area contributed by atoms with Gasteiger partial charge in [-0.25, -0.2) is 9.97 Å². The second-order valence-electron chi connectivity index (χ2n) is 4.63. The first-order valence-electron chi connectivity index (χ1n) is 6.16. The van der Waals surface area contributed by atoms with Gasteiger partial charge in [0, 0.05) is 25.9 Å². The molecule has 19 heavy (non-hydrogen) atoms. The van der Waals surface area contributed by atoms with Crippen LogP contribution in [0.5, 0.6) is 0 Å². The molecular formula is C13H18ClN5. The second kappa shape index (κ2) is 5.67. The van der Waals surface area contributed by atoms with E-state index in [4.69, 9.17) is 11.6 Å². The van der Waals surface area contributed by atoms with Gasteiger partial charge in [0.15, 0.2) is 0 Å². The topological polar surface area (TPSA) is 55.6 Å². The van der Waals surface area contributed by atoms with Gasteiger partial charge in [-0.05, 0) is 26.5 Å². The zero-order valence-electron chi connectivity index (χ0n) is 11.6. The van der Waals surface area contributed by atoms with Crippen molar-refractivity contribution in [3.05, 3.63) is 40.2 Å².